The Bertz CT molecular complexity index is 816. The van der Waals surface area contributed by atoms with Crippen molar-refractivity contribution in [3.8, 4) is 0 Å². The van der Waals surface area contributed by atoms with Crippen LogP contribution in [0.15, 0.2) is 48.8 Å². The summed E-state index contributed by atoms with van der Waals surface area (Å²) in [6, 6.07) is 11.6. The highest BCUT2D eigenvalue weighted by Gasteiger charge is 2.08. The lowest BCUT2D eigenvalue weighted by Crippen LogP contribution is -2.18. The van der Waals surface area contributed by atoms with Crippen LogP contribution in [-0.2, 0) is 11.3 Å². The molecule has 3 aromatic rings. The number of carbonyl (C=O) groups excluding carboxylic acids is 1. The lowest BCUT2D eigenvalue weighted by Gasteiger charge is -2.07. The summed E-state index contributed by atoms with van der Waals surface area (Å²) in [4.78, 5) is 16.2. The minimum atomic E-state index is -0.518. The van der Waals surface area contributed by atoms with Gasteiger partial charge in [0.05, 0.1) is 22.4 Å². The van der Waals surface area contributed by atoms with Gasteiger partial charge in [0, 0.05) is 5.69 Å². The Morgan fingerprint density at radius 2 is 2.10 bits per heavy atom. The SMILES string of the molecule is O=C(Cn1cnc2ccccc21)Nc1ccc(F)c(Cl)c1. The first-order valence-electron chi connectivity index (χ1n) is 6.28. The van der Waals surface area contributed by atoms with Crippen molar-refractivity contribution in [3.05, 3.63) is 59.6 Å². The molecule has 0 fully saturated rings. The van der Waals surface area contributed by atoms with Crippen LogP contribution in [0.5, 0.6) is 0 Å². The first kappa shape index (κ1) is 13.6. The molecule has 0 unspecified atom stereocenters. The lowest BCUT2D eigenvalue weighted by atomic mass is 10.3. The molecule has 1 N–H and O–H groups in total. The summed E-state index contributed by atoms with van der Waals surface area (Å²) in [5, 5.41) is 2.65. The molecule has 4 nitrogen and oxygen atoms in total. The fraction of sp³-hybridized carbons (Fsp3) is 0.0667. The van der Waals surface area contributed by atoms with Crippen LogP contribution >= 0.6 is 11.6 Å². The largest absolute Gasteiger partial charge is 0.324 e. The van der Waals surface area contributed by atoms with Gasteiger partial charge >= 0.3 is 0 Å². The first-order chi connectivity index (χ1) is 10.1. The Hall–Kier alpha value is -2.40. The molecule has 106 valence electrons. The average Bonchev–Trinajstić information content (AvgIpc) is 2.86. The van der Waals surface area contributed by atoms with E-state index in [0.717, 1.165) is 11.0 Å². The van der Waals surface area contributed by atoms with Gasteiger partial charge in [0.1, 0.15) is 12.4 Å². The maximum atomic E-state index is 13.1. The van der Waals surface area contributed by atoms with Gasteiger partial charge in [-0.05, 0) is 30.3 Å². The quantitative estimate of drug-likeness (QED) is 0.805. The third-order valence-electron chi connectivity index (χ3n) is 3.04. The van der Waals surface area contributed by atoms with E-state index in [1.165, 1.54) is 18.2 Å². The van der Waals surface area contributed by atoms with Gasteiger partial charge in [-0.1, -0.05) is 23.7 Å². The molecule has 1 heterocycles. The van der Waals surface area contributed by atoms with Gasteiger partial charge in [-0.2, -0.15) is 0 Å². The molecule has 0 aliphatic heterocycles. The number of hydrogen-bond acceptors (Lipinski definition) is 2. The van der Waals surface area contributed by atoms with E-state index in [4.69, 9.17) is 11.6 Å². The van der Waals surface area contributed by atoms with Gasteiger partial charge in [-0.15, -0.1) is 0 Å². The third-order valence-corrected chi connectivity index (χ3v) is 3.33. The summed E-state index contributed by atoms with van der Waals surface area (Å²) in [7, 11) is 0. The predicted molar refractivity (Wildman–Crippen MR) is 79.8 cm³/mol. The molecule has 0 spiro atoms. The molecule has 2 aromatic carbocycles. The second-order valence-electron chi connectivity index (χ2n) is 4.54. The van der Waals surface area contributed by atoms with E-state index in [2.05, 4.69) is 10.3 Å². The van der Waals surface area contributed by atoms with Crippen LogP contribution in [0.25, 0.3) is 11.0 Å². The summed E-state index contributed by atoms with van der Waals surface area (Å²) in [6.07, 6.45) is 1.61. The Balaban J connectivity index is 1.75. The van der Waals surface area contributed by atoms with Crippen LogP contribution in [0, 0.1) is 5.82 Å². The first-order valence-corrected chi connectivity index (χ1v) is 6.66. The van der Waals surface area contributed by atoms with E-state index in [1.807, 2.05) is 24.3 Å². The Kier molecular flexibility index (Phi) is 3.58. The van der Waals surface area contributed by atoms with Gasteiger partial charge in [0.2, 0.25) is 5.91 Å². The van der Waals surface area contributed by atoms with E-state index in [-0.39, 0.29) is 17.5 Å². The molecule has 0 aliphatic rings. The molecule has 0 radical (unpaired) electrons. The number of para-hydroxylation sites is 2. The molecule has 0 saturated heterocycles. The van der Waals surface area contributed by atoms with Crippen LogP contribution in [-0.4, -0.2) is 15.5 Å². The van der Waals surface area contributed by atoms with E-state index >= 15 is 0 Å². The molecular weight excluding hydrogens is 293 g/mol. The van der Waals surface area contributed by atoms with Gasteiger partial charge in [-0.3, -0.25) is 4.79 Å². The minimum absolute atomic E-state index is 0.0270. The molecule has 0 aliphatic carbocycles. The predicted octanol–water partition coefficient (Wildman–Crippen LogP) is 3.47. The van der Waals surface area contributed by atoms with Crippen LogP contribution in [0.2, 0.25) is 5.02 Å². The number of nitrogens with zero attached hydrogens (tertiary/aromatic N) is 2. The van der Waals surface area contributed by atoms with Gasteiger partial charge < -0.3 is 9.88 Å². The molecular formula is C15H11ClFN3O. The van der Waals surface area contributed by atoms with Crippen molar-refractivity contribution in [3.63, 3.8) is 0 Å². The smallest absolute Gasteiger partial charge is 0.244 e. The molecule has 3 rings (SSSR count). The number of halogens is 2. The van der Waals surface area contributed by atoms with Crippen molar-refractivity contribution in [1.29, 1.82) is 0 Å². The zero-order chi connectivity index (χ0) is 14.8. The van der Waals surface area contributed by atoms with Crippen molar-refractivity contribution in [2.75, 3.05) is 5.32 Å². The van der Waals surface area contributed by atoms with Crippen LogP contribution in [0.3, 0.4) is 0 Å². The number of imidazole rings is 1. The van der Waals surface area contributed by atoms with Crippen LogP contribution in [0.1, 0.15) is 0 Å². The minimum Gasteiger partial charge on any atom is -0.324 e. The van der Waals surface area contributed by atoms with Crippen molar-refractivity contribution in [1.82, 2.24) is 9.55 Å². The number of benzene rings is 2. The van der Waals surface area contributed by atoms with E-state index < -0.39 is 5.82 Å². The number of carbonyl (C=O) groups is 1. The summed E-state index contributed by atoms with van der Waals surface area (Å²) in [5.74, 6) is -0.754. The molecule has 21 heavy (non-hydrogen) atoms. The molecule has 1 aromatic heterocycles. The van der Waals surface area contributed by atoms with Gasteiger partial charge in [-0.25, -0.2) is 9.37 Å². The molecule has 0 saturated carbocycles. The number of hydrogen-bond donors (Lipinski definition) is 1. The summed E-state index contributed by atoms with van der Waals surface area (Å²) in [5.41, 5.74) is 2.16. The van der Waals surface area contributed by atoms with Crippen LogP contribution < -0.4 is 5.32 Å². The maximum absolute atomic E-state index is 13.1. The second kappa shape index (κ2) is 5.54. The molecule has 0 atom stereocenters. The van der Waals surface area contributed by atoms with E-state index in [1.54, 1.807) is 10.9 Å². The zero-order valence-corrected chi connectivity index (χ0v) is 11.6. The summed E-state index contributed by atoms with van der Waals surface area (Å²) >= 11 is 5.68. The normalized spacial score (nSPS) is 10.8. The highest BCUT2D eigenvalue weighted by molar-refractivity contribution is 6.31. The van der Waals surface area contributed by atoms with Crippen molar-refractivity contribution >= 4 is 34.2 Å². The molecule has 1 amide bonds. The second-order valence-corrected chi connectivity index (χ2v) is 4.95. The standard InChI is InChI=1S/C15H11ClFN3O/c16-11-7-10(5-6-12(11)17)19-15(21)8-20-9-18-13-3-1-2-4-14(13)20/h1-7,9H,8H2,(H,19,21). The highest BCUT2D eigenvalue weighted by atomic mass is 35.5. The number of amides is 1. The Morgan fingerprint density at radius 1 is 1.29 bits per heavy atom. The average molecular weight is 304 g/mol. The monoisotopic (exact) mass is 303 g/mol. The third kappa shape index (κ3) is 2.87. The number of aromatic nitrogens is 2. The van der Waals surface area contributed by atoms with E-state index in [0.29, 0.717) is 5.69 Å². The summed E-state index contributed by atoms with van der Waals surface area (Å²) in [6.45, 7) is 0.121. The number of anilines is 1. The Labute approximate surface area is 125 Å². The number of fused-ring (bicyclic) bond motifs is 1. The van der Waals surface area contributed by atoms with Gasteiger partial charge in [0.15, 0.2) is 0 Å². The van der Waals surface area contributed by atoms with Gasteiger partial charge in [0.25, 0.3) is 0 Å². The maximum Gasteiger partial charge on any atom is 0.244 e. The fourth-order valence-electron chi connectivity index (χ4n) is 2.07. The van der Waals surface area contributed by atoms with Crippen molar-refractivity contribution in [2.24, 2.45) is 0 Å². The number of rotatable bonds is 3. The molecule has 6 heteroatoms. The number of nitrogens with one attached hydrogen (secondary N) is 1. The lowest BCUT2D eigenvalue weighted by molar-refractivity contribution is -0.116. The fourth-order valence-corrected chi connectivity index (χ4v) is 2.25. The Morgan fingerprint density at radius 3 is 2.90 bits per heavy atom. The van der Waals surface area contributed by atoms with Crippen molar-refractivity contribution < 1.29 is 9.18 Å². The topological polar surface area (TPSA) is 46.9 Å². The van der Waals surface area contributed by atoms with E-state index in [9.17, 15) is 9.18 Å². The zero-order valence-electron chi connectivity index (χ0n) is 10.9. The molecule has 0 bridgehead atoms. The van der Waals surface area contributed by atoms with Crippen LogP contribution in [0.4, 0.5) is 10.1 Å². The highest BCUT2D eigenvalue weighted by Crippen LogP contribution is 2.19. The van der Waals surface area contributed by atoms with Crippen molar-refractivity contribution in [2.45, 2.75) is 6.54 Å². The summed E-state index contributed by atoms with van der Waals surface area (Å²) < 4.78 is 14.8.